The Morgan fingerprint density at radius 3 is 2.94 bits per heavy atom. The lowest BCUT2D eigenvalue weighted by atomic mass is 10.1. The lowest BCUT2D eigenvalue weighted by Gasteiger charge is -2.11. The summed E-state index contributed by atoms with van der Waals surface area (Å²) in [5.74, 6) is -0.585. The van der Waals surface area contributed by atoms with E-state index < -0.39 is 0 Å². The number of hydrogen-bond donors (Lipinski definition) is 2. The van der Waals surface area contributed by atoms with E-state index in [1.54, 1.807) is 6.07 Å². The molecule has 3 nitrogen and oxygen atoms in total. The smallest absolute Gasteiger partial charge is 0.225 e. The second kappa shape index (κ2) is 6.71. The third-order valence-corrected chi connectivity index (χ3v) is 3.00. The van der Waals surface area contributed by atoms with Crippen molar-refractivity contribution < 1.29 is 9.18 Å². The van der Waals surface area contributed by atoms with Gasteiger partial charge in [0.2, 0.25) is 5.91 Å². The Kier molecular flexibility index (Phi) is 5.58. The van der Waals surface area contributed by atoms with Crippen molar-refractivity contribution in [1.29, 1.82) is 0 Å². The number of nitrogens with two attached hydrogens (primary N) is 1. The highest BCUT2D eigenvalue weighted by Gasteiger charge is 2.10. The average Bonchev–Trinajstić information content (AvgIpc) is 2.23. The molecule has 1 unspecified atom stereocenters. The standard InChI is InChI=1S/C12H16BrFN2O/c1-2-3-9(15)7-12(17)16-11-6-8(14)4-5-10(11)13/h4-6,9H,2-3,7,15H2,1H3,(H,16,17). The lowest BCUT2D eigenvalue weighted by Crippen LogP contribution is -2.27. The van der Waals surface area contributed by atoms with E-state index in [9.17, 15) is 9.18 Å². The first-order chi connectivity index (χ1) is 8.02. The zero-order chi connectivity index (χ0) is 12.8. The first-order valence-corrected chi connectivity index (χ1v) is 6.32. The Morgan fingerprint density at radius 1 is 1.59 bits per heavy atom. The molecule has 0 aliphatic heterocycles. The van der Waals surface area contributed by atoms with Crippen LogP contribution in [0.3, 0.4) is 0 Å². The van der Waals surface area contributed by atoms with Gasteiger partial charge in [0.15, 0.2) is 0 Å². The van der Waals surface area contributed by atoms with E-state index in [4.69, 9.17) is 5.73 Å². The summed E-state index contributed by atoms with van der Waals surface area (Å²) in [4.78, 5) is 11.6. The monoisotopic (exact) mass is 302 g/mol. The average molecular weight is 303 g/mol. The summed E-state index contributed by atoms with van der Waals surface area (Å²) in [6.07, 6.45) is 1.99. The van der Waals surface area contributed by atoms with Crippen molar-refractivity contribution in [2.24, 2.45) is 5.73 Å². The van der Waals surface area contributed by atoms with Gasteiger partial charge >= 0.3 is 0 Å². The van der Waals surface area contributed by atoms with E-state index in [-0.39, 0.29) is 24.2 Å². The van der Waals surface area contributed by atoms with Crippen LogP contribution in [-0.4, -0.2) is 11.9 Å². The fourth-order valence-corrected chi connectivity index (χ4v) is 1.85. The summed E-state index contributed by atoms with van der Waals surface area (Å²) >= 11 is 3.24. The summed E-state index contributed by atoms with van der Waals surface area (Å²) in [5.41, 5.74) is 6.19. The van der Waals surface area contributed by atoms with Crippen LogP contribution >= 0.6 is 15.9 Å². The molecule has 0 aliphatic rings. The van der Waals surface area contributed by atoms with Crippen molar-refractivity contribution in [2.45, 2.75) is 32.2 Å². The number of anilines is 1. The molecule has 0 aromatic heterocycles. The second-order valence-corrected chi connectivity index (χ2v) is 4.78. The van der Waals surface area contributed by atoms with E-state index in [0.29, 0.717) is 10.2 Å². The lowest BCUT2D eigenvalue weighted by molar-refractivity contribution is -0.116. The van der Waals surface area contributed by atoms with Crippen LogP contribution in [0.2, 0.25) is 0 Å². The normalized spacial score (nSPS) is 12.2. The van der Waals surface area contributed by atoms with Gasteiger partial charge in [0.25, 0.3) is 0 Å². The summed E-state index contributed by atoms with van der Waals surface area (Å²) in [6.45, 7) is 2.01. The highest BCUT2D eigenvalue weighted by molar-refractivity contribution is 9.10. The molecule has 17 heavy (non-hydrogen) atoms. The van der Waals surface area contributed by atoms with Gasteiger partial charge in [-0.1, -0.05) is 13.3 Å². The highest BCUT2D eigenvalue weighted by Crippen LogP contribution is 2.23. The highest BCUT2D eigenvalue weighted by atomic mass is 79.9. The summed E-state index contributed by atoms with van der Waals surface area (Å²) < 4.78 is 13.6. The molecule has 0 saturated carbocycles. The minimum atomic E-state index is -0.388. The number of benzene rings is 1. The second-order valence-electron chi connectivity index (χ2n) is 3.93. The predicted octanol–water partition coefficient (Wildman–Crippen LogP) is 3.04. The number of amides is 1. The molecule has 0 aliphatic carbocycles. The van der Waals surface area contributed by atoms with Gasteiger partial charge < -0.3 is 11.1 Å². The van der Waals surface area contributed by atoms with Crippen LogP contribution in [0, 0.1) is 5.82 Å². The van der Waals surface area contributed by atoms with Crippen LogP contribution in [0.15, 0.2) is 22.7 Å². The summed E-state index contributed by atoms with van der Waals surface area (Å²) in [5, 5.41) is 2.63. The van der Waals surface area contributed by atoms with Crippen LogP contribution in [0.4, 0.5) is 10.1 Å². The molecule has 3 N–H and O–H groups in total. The Balaban J connectivity index is 2.58. The number of hydrogen-bond acceptors (Lipinski definition) is 2. The maximum atomic E-state index is 13.0. The van der Waals surface area contributed by atoms with Crippen molar-refractivity contribution in [1.82, 2.24) is 0 Å². The van der Waals surface area contributed by atoms with Crippen LogP contribution in [-0.2, 0) is 4.79 Å². The van der Waals surface area contributed by atoms with E-state index in [0.717, 1.165) is 12.8 Å². The van der Waals surface area contributed by atoms with Crippen LogP contribution < -0.4 is 11.1 Å². The molecule has 1 rings (SSSR count). The maximum absolute atomic E-state index is 13.0. The molecular weight excluding hydrogens is 287 g/mol. The zero-order valence-electron chi connectivity index (χ0n) is 9.67. The molecule has 0 fully saturated rings. The quantitative estimate of drug-likeness (QED) is 0.878. The van der Waals surface area contributed by atoms with Crippen LogP contribution in [0.5, 0.6) is 0 Å². The van der Waals surface area contributed by atoms with Gasteiger partial charge in [0.05, 0.1) is 5.69 Å². The predicted molar refractivity (Wildman–Crippen MR) is 70.2 cm³/mol. The molecule has 94 valence electrons. The van der Waals surface area contributed by atoms with Gasteiger partial charge in [-0.3, -0.25) is 4.79 Å². The van der Waals surface area contributed by atoms with Crippen LogP contribution in [0.25, 0.3) is 0 Å². The first-order valence-electron chi connectivity index (χ1n) is 5.53. The summed E-state index contributed by atoms with van der Waals surface area (Å²) in [7, 11) is 0. The van der Waals surface area contributed by atoms with Crippen molar-refractivity contribution in [2.75, 3.05) is 5.32 Å². The van der Waals surface area contributed by atoms with Gasteiger partial charge in [-0.2, -0.15) is 0 Å². The topological polar surface area (TPSA) is 55.1 Å². The molecule has 1 atom stereocenters. The molecule has 0 saturated heterocycles. The molecular formula is C12H16BrFN2O. The maximum Gasteiger partial charge on any atom is 0.225 e. The number of halogens is 2. The fraction of sp³-hybridized carbons (Fsp3) is 0.417. The minimum Gasteiger partial charge on any atom is -0.327 e. The fourth-order valence-electron chi connectivity index (χ4n) is 1.51. The van der Waals surface area contributed by atoms with Crippen molar-refractivity contribution in [3.8, 4) is 0 Å². The zero-order valence-corrected chi connectivity index (χ0v) is 11.3. The Bertz CT molecular complexity index is 398. The van der Waals surface area contributed by atoms with Crippen molar-refractivity contribution in [3.05, 3.63) is 28.5 Å². The van der Waals surface area contributed by atoms with Crippen molar-refractivity contribution in [3.63, 3.8) is 0 Å². The van der Waals surface area contributed by atoms with E-state index in [2.05, 4.69) is 21.2 Å². The Hall–Kier alpha value is -0.940. The molecule has 0 radical (unpaired) electrons. The van der Waals surface area contributed by atoms with Gasteiger partial charge in [0.1, 0.15) is 5.82 Å². The van der Waals surface area contributed by atoms with Gasteiger partial charge in [-0.25, -0.2) is 4.39 Å². The van der Waals surface area contributed by atoms with E-state index >= 15 is 0 Å². The molecule has 1 amide bonds. The third-order valence-electron chi connectivity index (χ3n) is 2.31. The van der Waals surface area contributed by atoms with E-state index in [1.807, 2.05) is 6.92 Å². The molecule has 0 bridgehead atoms. The Labute approximate surface area is 109 Å². The number of rotatable bonds is 5. The molecule has 1 aromatic carbocycles. The molecule has 0 heterocycles. The van der Waals surface area contributed by atoms with Gasteiger partial charge in [0, 0.05) is 16.9 Å². The number of carbonyl (C=O) groups excluding carboxylic acids is 1. The van der Waals surface area contributed by atoms with Gasteiger partial charge in [-0.05, 0) is 40.5 Å². The minimum absolute atomic E-state index is 0.146. The van der Waals surface area contributed by atoms with Crippen LogP contribution in [0.1, 0.15) is 26.2 Å². The van der Waals surface area contributed by atoms with Crippen molar-refractivity contribution >= 4 is 27.5 Å². The molecule has 1 aromatic rings. The SMILES string of the molecule is CCCC(N)CC(=O)Nc1cc(F)ccc1Br. The van der Waals surface area contributed by atoms with E-state index in [1.165, 1.54) is 12.1 Å². The van der Waals surface area contributed by atoms with Gasteiger partial charge in [-0.15, -0.1) is 0 Å². The molecule has 5 heteroatoms. The number of carbonyl (C=O) groups is 1. The Morgan fingerprint density at radius 2 is 2.29 bits per heavy atom. The number of nitrogens with one attached hydrogen (secondary N) is 1. The molecule has 0 spiro atoms. The largest absolute Gasteiger partial charge is 0.327 e. The summed E-state index contributed by atoms with van der Waals surface area (Å²) in [6, 6.07) is 4.00. The third kappa shape index (κ3) is 4.83. The first kappa shape index (κ1) is 14.1.